The lowest BCUT2D eigenvalue weighted by Crippen LogP contribution is -2.41. The molecule has 1 saturated heterocycles. The van der Waals surface area contributed by atoms with E-state index < -0.39 is 36.1 Å². The highest BCUT2D eigenvalue weighted by Gasteiger charge is 2.53. The van der Waals surface area contributed by atoms with Crippen LogP contribution in [0.15, 0.2) is 18.5 Å². The van der Waals surface area contributed by atoms with Crippen molar-refractivity contribution in [1.82, 2.24) is 19.7 Å². The fourth-order valence-corrected chi connectivity index (χ4v) is 2.88. The minimum atomic E-state index is -1.40. The summed E-state index contributed by atoms with van der Waals surface area (Å²) in [7, 11) is -1.06. The molecule has 0 radical (unpaired) electrons. The van der Waals surface area contributed by atoms with E-state index in [9.17, 15) is 14.7 Å². The molecule has 0 spiro atoms. The molecule has 1 aliphatic rings. The van der Waals surface area contributed by atoms with Crippen molar-refractivity contribution < 1.29 is 28.7 Å². The summed E-state index contributed by atoms with van der Waals surface area (Å²) in [6, 6.07) is 3.19. The molecule has 174 valence electrons. The molecule has 1 amide bonds. The number of anilines is 2. The third-order valence-electron chi connectivity index (χ3n) is 5.19. The minimum Gasteiger partial charge on any atom is -0.463 e. The molecule has 1 N–H and O–H groups in total. The van der Waals surface area contributed by atoms with Gasteiger partial charge in [-0.1, -0.05) is 0 Å². The van der Waals surface area contributed by atoms with E-state index in [2.05, 4.69) is 15.1 Å². The second-order valence-corrected chi connectivity index (χ2v) is 9.40. The van der Waals surface area contributed by atoms with Crippen LogP contribution in [0.25, 0.3) is 0 Å². The third kappa shape index (κ3) is 4.81. The molecule has 0 bridgehead atoms. The molecule has 2 aromatic heterocycles. The number of aromatic nitrogens is 4. The molecule has 0 saturated carbocycles. The largest absolute Gasteiger partial charge is 0.515 e. The Bertz CT molecular complexity index is 1100. The lowest BCUT2D eigenvalue weighted by molar-refractivity contribution is 0.00578. The van der Waals surface area contributed by atoms with Crippen LogP contribution in [0.2, 0.25) is 0 Å². The average Bonchev–Trinajstić information content (AvgIpc) is 3.20. The van der Waals surface area contributed by atoms with Crippen LogP contribution >= 0.6 is 0 Å². The second-order valence-electron chi connectivity index (χ2n) is 9.40. The van der Waals surface area contributed by atoms with Gasteiger partial charge in [-0.3, -0.25) is 0 Å². The van der Waals surface area contributed by atoms with E-state index in [0.717, 1.165) is 4.90 Å². The van der Waals surface area contributed by atoms with Crippen molar-refractivity contribution >= 4 is 36.5 Å². The molecule has 0 atom stereocenters. The molecule has 12 nitrogen and oxygen atoms in total. The van der Waals surface area contributed by atoms with Gasteiger partial charge in [-0.25, -0.2) is 24.5 Å². The zero-order valence-electron chi connectivity index (χ0n) is 19.5. The number of nitriles is 1. The number of hydrogen-bond acceptors (Lipinski definition) is 9. The standard InChI is InChI=1S/C20H25BN6O6/c1-18(2,3)31-17(30)26(15-11-23-12(9-22)10-24-15)14-8-13(27(25-14)16(28)29)21-32-19(4,5)20(6,7)33-21/h8,10-11H,1-7H3,(H,28,29). The van der Waals surface area contributed by atoms with Gasteiger partial charge in [0.25, 0.3) is 0 Å². The number of carbonyl (C=O) groups excluding carboxylic acids is 1. The van der Waals surface area contributed by atoms with Crippen LogP contribution in [-0.4, -0.2) is 61.0 Å². The fraction of sp³-hybridized carbons (Fsp3) is 0.500. The van der Waals surface area contributed by atoms with Crippen molar-refractivity contribution in [3.63, 3.8) is 0 Å². The summed E-state index contributed by atoms with van der Waals surface area (Å²) in [5, 5.41) is 22.8. The molecule has 3 rings (SSSR count). The maximum absolute atomic E-state index is 13.0. The quantitative estimate of drug-likeness (QED) is 0.682. The zero-order chi connectivity index (χ0) is 24.8. The Hall–Kier alpha value is -3.50. The second kappa shape index (κ2) is 8.13. The Morgan fingerprint density at radius 2 is 1.76 bits per heavy atom. The normalized spacial score (nSPS) is 16.8. The summed E-state index contributed by atoms with van der Waals surface area (Å²) in [4.78, 5) is 34.0. The topological polar surface area (TPSA) is 153 Å². The van der Waals surface area contributed by atoms with Crippen molar-refractivity contribution in [3.05, 3.63) is 24.2 Å². The highest BCUT2D eigenvalue weighted by molar-refractivity contribution is 6.61. The van der Waals surface area contributed by atoms with E-state index in [4.69, 9.17) is 19.3 Å². The molecule has 0 aliphatic carbocycles. The molecule has 1 fully saturated rings. The Morgan fingerprint density at radius 1 is 1.15 bits per heavy atom. The predicted molar refractivity (Wildman–Crippen MR) is 116 cm³/mol. The monoisotopic (exact) mass is 456 g/mol. The molecule has 13 heteroatoms. The van der Waals surface area contributed by atoms with Crippen LogP contribution in [0.4, 0.5) is 21.2 Å². The summed E-state index contributed by atoms with van der Waals surface area (Å²) < 4.78 is 18.1. The number of hydrogen-bond donors (Lipinski definition) is 1. The van der Waals surface area contributed by atoms with E-state index in [0.29, 0.717) is 4.68 Å². The first kappa shape index (κ1) is 24.2. The third-order valence-corrected chi connectivity index (χ3v) is 5.19. The van der Waals surface area contributed by atoms with Gasteiger partial charge in [0.1, 0.15) is 11.7 Å². The first-order valence-electron chi connectivity index (χ1n) is 10.1. The number of nitrogens with zero attached hydrogens (tertiary/aromatic N) is 6. The van der Waals surface area contributed by atoms with Gasteiger partial charge in [-0.15, -0.1) is 5.10 Å². The van der Waals surface area contributed by atoms with Crippen LogP contribution in [0.3, 0.4) is 0 Å². The van der Waals surface area contributed by atoms with Crippen LogP contribution in [0.1, 0.15) is 54.2 Å². The number of rotatable bonds is 3. The number of amides is 1. The predicted octanol–water partition coefficient (Wildman–Crippen LogP) is 2.44. The van der Waals surface area contributed by atoms with Crippen LogP contribution in [0.5, 0.6) is 0 Å². The van der Waals surface area contributed by atoms with Gasteiger partial charge in [-0.05, 0) is 48.5 Å². The SMILES string of the molecule is CC(C)(C)OC(=O)N(c1cnc(C#N)cn1)c1cc(B2OC(C)(C)C(C)(C)O2)n(C(=O)O)n1. The summed E-state index contributed by atoms with van der Waals surface area (Å²) in [6.07, 6.45) is 0.102. The average molecular weight is 456 g/mol. The van der Waals surface area contributed by atoms with Gasteiger partial charge in [-0.2, -0.15) is 9.94 Å². The van der Waals surface area contributed by atoms with Crippen LogP contribution in [0, 0.1) is 11.3 Å². The first-order chi connectivity index (χ1) is 15.1. The lowest BCUT2D eigenvalue weighted by Gasteiger charge is -2.32. The molecule has 33 heavy (non-hydrogen) atoms. The van der Waals surface area contributed by atoms with Crippen molar-refractivity contribution in [2.75, 3.05) is 4.90 Å². The fourth-order valence-electron chi connectivity index (χ4n) is 2.88. The molecular weight excluding hydrogens is 431 g/mol. The highest BCUT2D eigenvalue weighted by atomic mass is 16.7. The number of carboxylic acid groups (broad SMARTS) is 1. The van der Waals surface area contributed by atoms with Crippen molar-refractivity contribution in [1.29, 1.82) is 5.26 Å². The summed E-state index contributed by atoms with van der Waals surface area (Å²) in [6.45, 7) is 12.4. The maximum Gasteiger partial charge on any atom is 0.515 e. The molecule has 0 aromatic carbocycles. The first-order valence-corrected chi connectivity index (χ1v) is 10.1. The summed E-state index contributed by atoms with van der Waals surface area (Å²) >= 11 is 0. The Morgan fingerprint density at radius 3 is 2.21 bits per heavy atom. The van der Waals surface area contributed by atoms with E-state index in [1.807, 2.05) is 33.8 Å². The van der Waals surface area contributed by atoms with E-state index in [1.165, 1.54) is 18.5 Å². The molecule has 3 heterocycles. The summed E-state index contributed by atoms with van der Waals surface area (Å²) in [5.41, 5.74) is -2.22. The van der Waals surface area contributed by atoms with Crippen LogP contribution < -0.4 is 10.5 Å². The van der Waals surface area contributed by atoms with Gasteiger partial charge in [0.15, 0.2) is 17.3 Å². The Kier molecular flexibility index (Phi) is 5.95. The maximum atomic E-state index is 13.0. The lowest BCUT2D eigenvalue weighted by atomic mass is 9.84. The molecular formula is C20H25BN6O6. The van der Waals surface area contributed by atoms with Gasteiger partial charge in [0, 0.05) is 6.07 Å². The molecule has 2 aromatic rings. The van der Waals surface area contributed by atoms with Gasteiger partial charge in [0.2, 0.25) is 0 Å². The molecule has 1 aliphatic heterocycles. The smallest absolute Gasteiger partial charge is 0.463 e. The molecule has 0 unspecified atom stereocenters. The van der Waals surface area contributed by atoms with Gasteiger partial charge >= 0.3 is 19.3 Å². The highest BCUT2D eigenvalue weighted by Crippen LogP contribution is 2.37. The van der Waals surface area contributed by atoms with E-state index in [1.54, 1.807) is 20.8 Å². The zero-order valence-corrected chi connectivity index (χ0v) is 19.5. The summed E-state index contributed by atoms with van der Waals surface area (Å²) in [5.74, 6) is -0.117. The van der Waals surface area contributed by atoms with Crippen LogP contribution in [-0.2, 0) is 14.0 Å². The van der Waals surface area contributed by atoms with Crippen molar-refractivity contribution in [2.45, 2.75) is 65.3 Å². The Labute approximate surface area is 191 Å². The number of ether oxygens (including phenoxy) is 1. The van der Waals surface area contributed by atoms with E-state index >= 15 is 0 Å². The Balaban J connectivity index is 2.10. The van der Waals surface area contributed by atoms with E-state index in [-0.39, 0.29) is 22.9 Å². The van der Waals surface area contributed by atoms with Gasteiger partial charge < -0.3 is 19.2 Å². The van der Waals surface area contributed by atoms with Crippen molar-refractivity contribution in [3.8, 4) is 6.07 Å². The minimum absolute atomic E-state index is 0.0150. The van der Waals surface area contributed by atoms with Crippen molar-refractivity contribution in [2.24, 2.45) is 0 Å². The van der Waals surface area contributed by atoms with Gasteiger partial charge in [0.05, 0.1) is 29.2 Å². The number of carbonyl (C=O) groups is 2.